The van der Waals surface area contributed by atoms with Crippen molar-refractivity contribution in [1.29, 1.82) is 0 Å². The second-order valence-corrected chi connectivity index (χ2v) is 4.67. The Kier molecular flexibility index (Phi) is 2.54. The Hall–Kier alpha value is -0.900. The lowest BCUT2D eigenvalue weighted by molar-refractivity contribution is -0.170. The van der Waals surface area contributed by atoms with E-state index in [9.17, 15) is 14.7 Å². The quantitative estimate of drug-likeness (QED) is 0.731. The van der Waals surface area contributed by atoms with E-state index >= 15 is 0 Å². The van der Waals surface area contributed by atoms with Gasteiger partial charge in [-0.3, -0.25) is 4.79 Å². The molecule has 2 saturated heterocycles. The molecule has 2 aliphatic heterocycles. The summed E-state index contributed by atoms with van der Waals surface area (Å²) in [4.78, 5) is 24.2. The van der Waals surface area contributed by atoms with Gasteiger partial charge in [0.05, 0.1) is 0 Å². The second kappa shape index (κ2) is 3.59. The smallest absolute Gasteiger partial charge is 0.225 e. The van der Waals surface area contributed by atoms with Crippen LogP contribution in [0.4, 0.5) is 0 Å². The minimum absolute atomic E-state index is 0.0331. The molecule has 0 spiro atoms. The highest BCUT2D eigenvalue weighted by Crippen LogP contribution is 2.41. The van der Waals surface area contributed by atoms with Gasteiger partial charge in [-0.25, -0.2) is 0 Å². The van der Waals surface area contributed by atoms with E-state index in [2.05, 4.69) is 0 Å². The zero-order valence-corrected chi connectivity index (χ0v) is 9.03. The van der Waals surface area contributed by atoms with E-state index in [1.165, 1.54) is 0 Å². The van der Waals surface area contributed by atoms with Crippen LogP contribution in [0.5, 0.6) is 0 Å². The first kappa shape index (κ1) is 10.6. The van der Waals surface area contributed by atoms with Crippen molar-refractivity contribution < 1.29 is 14.7 Å². The van der Waals surface area contributed by atoms with E-state index in [1.807, 2.05) is 0 Å². The van der Waals surface area contributed by atoms with Crippen LogP contribution in [0, 0.1) is 5.92 Å². The number of ketones is 1. The van der Waals surface area contributed by atoms with E-state index in [0.29, 0.717) is 25.8 Å². The van der Waals surface area contributed by atoms with Crippen LogP contribution < -0.4 is 0 Å². The molecule has 0 saturated carbocycles. The summed E-state index contributed by atoms with van der Waals surface area (Å²) in [5, 5.41) is 10.4. The third-order valence-corrected chi connectivity index (χ3v) is 3.60. The molecule has 2 fully saturated rings. The Morgan fingerprint density at radius 2 is 2.40 bits per heavy atom. The highest BCUT2D eigenvalue weighted by atomic mass is 16.3. The van der Waals surface area contributed by atoms with Crippen LogP contribution in [0.3, 0.4) is 0 Å². The fourth-order valence-corrected chi connectivity index (χ4v) is 2.86. The van der Waals surface area contributed by atoms with Gasteiger partial charge in [0.1, 0.15) is 11.5 Å². The standard InChI is InChI=1S/C11H17NO3/c1-8(13)7-9-3-2-6-12-10(14)4-5-11(9,12)15/h9,15H,2-7H2,1H3. The first-order valence-corrected chi connectivity index (χ1v) is 5.56. The van der Waals surface area contributed by atoms with Crippen molar-refractivity contribution in [1.82, 2.24) is 4.90 Å². The van der Waals surface area contributed by atoms with Crippen LogP contribution in [-0.2, 0) is 9.59 Å². The number of hydrogen-bond acceptors (Lipinski definition) is 3. The molecule has 4 heteroatoms. The number of fused-ring (bicyclic) bond motifs is 1. The fourth-order valence-electron chi connectivity index (χ4n) is 2.86. The van der Waals surface area contributed by atoms with Gasteiger partial charge in [-0.15, -0.1) is 0 Å². The topological polar surface area (TPSA) is 57.6 Å². The van der Waals surface area contributed by atoms with Gasteiger partial charge in [0.15, 0.2) is 0 Å². The summed E-state index contributed by atoms with van der Waals surface area (Å²) in [6.45, 7) is 2.18. The summed E-state index contributed by atoms with van der Waals surface area (Å²) >= 11 is 0. The molecule has 1 amide bonds. The van der Waals surface area contributed by atoms with Crippen molar-refractivity contribution in [3.8, 4) is 0 Å². The molecule has 0 aromatic heterocycles. The zero-order valence-electron chi connectivity index (χ0n) is 9.03. The molecule has 0 bridgehead atoms. The lowest BCUT2D eigenvalue weighted by atomic mass is 9.82. The third kappa shape index (κ3) is 1.67. The molecule has 2 aliphatic rings. The molecular formula is C11H17NO3. The molecule has 2 rings (SSSR count). The molecule has 2 unspecified atom stereocenters. The first-order valence-electron chi connectivity index (χ1n) is 5.56. The average Bonchev–Trinajstić information content (AvgIpc) is 2.45. The molecule has 84 valence electrons. The van der Waals surface area contributed by atoms with E-state index in [0.717, 1.165) is 12.8 Å². The summed E-state index contributed by atoms with van der Waals surface area (Å²) in [5.74, 6) is 0.0653. The van der Waals surface area contributed by atoms with Crippen molar-refractivity contribution in [3.05, 3.63) is 0 Å². The minimum Gasteiger partial charge on any atom is -0.370 e. The van der Waals surface area contributed by atoms with E-state index in [-0.39, 0.29) is 17.6 Å². The maximum absolute atomic E-state index is 11.5. The molecule has 4 nitrogen and oxygen atoms in total. The largest absolute Gasteiger partial charge is 0.370 e. The van der Waals surface area contributed by atoms with Gasteiger partial charge < -0.3 is 14.8 Å². The van der Waals surface area contributed by atoms with E-state index in [1.54, 1.807) is 11.8 Å². The molecule has 0 aliphatic carbocycles. The van der Waals surface area contributed by atoms with Crippen molar-refractivity contribution in [3.63, 3.8) is 0 Å². The zero-order chi connectivity index (χ0) is 11.1. The van der Waals surface area contributed by atoms with E-state index < -0.39 is 5.72 Å². The number of rotatable bonds is 2. The number of Topliss-reactive ketones (excluding diaryl/α,β-unsaturated/α-hetero) is 1. The van der Waals surface area contributed by atoms with Crippen molar-refractivity contribution in [2.24, 2.45) is 5.92 Å². The number of carbonyl (C=O) groups is 2. The molecule has 2 atom stereocenters. The van der Waals surface area contributed by atoms with Gasteiger partial charge in [0.2, 0.25) is 5.91 Å². The van der Waals surface area contributed by atoms with Gasteiger partial charge >= 0.3 is 0 Å². The Labute approximate surface area is 89.3 Å². The molecule has 15 heavy (non-hydrogen) atoms. The number of hydrogen-bond donors (Lipinski definition) is 1. The van der Waals surface area contributed by atoms with Crippen molar-refractivity contribution in [2.75, 3.05) is 6.54 Å². The SMILES string of the molecule is CC(=O)CC1CCCN2C(=O)CCC12O. The molecule has 0 aromatic rings. The predicted octanol–water partition coefficient (Wildman–Crippen LogP) is 0.687. The Balaban J connectivity index is 2.18. The van der Waals surface area contributed by atoms with Gasteiger partial charge in [0.25, 0.3) is 0 Å². The van der Waals surface area contributed by atoms with Gasteiger partial charge in [-0.2, -0.15) is 0 Å². The van der Waals surface area contributed by atoms with Gasteiger partial charge in [0, 0.05) is 31.7 Å². The Morgan fingerprint density at radius 1 is 1.67 bits per heavy atom. The maximum atomic E-state index is 11.5. The highest BCUT2D eigenvalue weighted by molar-refractivity contribution is 5.80. The van der Waals surface area contributed by atoms with Crippen LogP contribution in [0.2, 0.25) is 0 Å². The predicted molar refractivity (Wildman–Crippen MR) is 53.9 cm³/mol. The van der Waals surface area contributed by atoms with Crippen molar-refractivity contribution >= 4 is 11.7 Å². The van der Waals surface area contributed by atoms with Crippen molar-refractivity contribution in [2.45, 2.75) is 44.8 Å². The second-order valence-electron chi connectivity index (χ2n) is 4.67. The summed E-state index contributed by atoms with van der Waals surface area (Å²) in [6.07, 6.45) is 3.04. The lowest BCUT2D eigenvalue weighted by Crippen LogP contribution is -2.55. The monoisotopic (exact) mass is 211 g/mol. The highest BCUT2D eigenvalue weighted by Gasteiger charge is 2.51. The molecular weight excluding hydrogens is 194 g/mol. The van der Waals surface area contributed by atoms with Crippen LogP contribution in [-0.4, -0.2) is 34.0 Å². The Morgan fingerprint density at radius 3 is 3.07 bits per heavy atom. The summed E-state index contributed by atoms with van der Waals surface area (Å²) in [6, 6.07) is 0. The van der Waals surface area contributed by atoms with Gasteiger partial charge in [-0.05, 0) is 19.8 Å². The minimum atomic E-state index is -1.03. The van der Waals surface area contributed by atoms with E-state index in [4.69, 9.17) is 0 Å². The lowest BCUT2D eigenvalue weighted by Gasteiger charge is -2.44. The fraction of sp³-hybridized carbons (Fsp3) is 0.818. The third-order valence-electron chi connectivity index (χ3n) is 3.60. The normalized spacial score (nSPS) is 35.5. The average molecular weight is 211 g/mol. The first-order chi connectivity index (χ1) is 7.04. The van der Waals surface area contributed by atoms with Crippen LogP contribution in [0.15, 0.2) is 0 Å². The maximum Gasteiger partial charge on any atom is 0.225 e. The van der Waals surface area contributed by atoms with Crippen LogP contribution in [0.1, 0.15) is 39.0 Å². The number of piperidine rings is 1. The molecule has 1 N–H and O–H groups in total. The number of carbonyl (C=O) groups excluding carboxylic acids is 2. The van der Waals surface area contributed by atoms with Crippen LogP contribution >= 0.6 is 0 Å². The van der Waals surface area contributed by atoms with Gasteiger partial charge in [-0.1, -0.05) is 0 Å². The Bertz CT molecular complexity index is 302. The number of aliphatic hydroxyl groups is 1. The molecule has 0 aromatic carbocycles. The summed E-state index contributed by atoms with van der Waals surface area (Å²) < 4.78 is 0. The van der Waals surface area contributed by atoms with Crippen LogP contribution in [0.25, 0.3) is 0 Å². The number of amides is 1. The number of nitrogens with zero attached hydrogens (tertiary/aromatic N) is 1. The molecule has 2 heterocycles. The summed E-state index contributed by atoms with van der Waals surface area (Å²) in [5.41, 5.74) is -1.03. The molecule has 0 radical (unpaired) electrons. The summed E-state index contributed by atoms with van der Waals surface area (Å²) in [7, 11) is 0.